The maximum atomic E-state index is 11.1. The molecule has 16 heavy (non-hydrogen) atoms. The number of hydrogen-bond acceptors (Lipinski definition) is 3. The molecule has 0 spiro atoms. The summed E-state index contributed by atoms with van der Waals surface area (Å²) in [5.41, 5.74) is 1.91. The van der Waals surface area contributed by atoms with Gasteiger partial charge in [0.15, 0.2) is 6.10 Å². The van der Waals surface area contributed by atoms with Crippen LogP contribution in [-0.2, 0) is 16.0 Å². The lowest BCUT2D eigenvalue weighted by molar-refractivity contribution is -0.150. The van der Waals surface area contributed by atoms with Crippen LogP contribution in [0.15, 0.2) is 30.5 Å². The summed E-state index contributed by atoms with van der Waals surface area (Å²) in [7, 11) is 1.26. The Hall–Kier alpha value is -1.81. The SMILES string of the molecule is COC(=O)[C@@H](O)Cc1c[nH]c2ccccc12. The van der Waals surface area contributed by atoms with Gasteiger partial charge < -0.3 is 14.8 Å². The highest BCUT2D eigenvalue weighted by molar-refractivity contribution is 5.84. The quantitative estimate of drug-likeness (QED) is 0.763. The number of rotatable bonds is 3. The van der Waals surface area contributed by atoms with Crippen molar-refractivity contribution in [3.8, 4) is 0 Å². The Morgan fingerprint density at radius 2 is 2.25 bits per heavy atom. The lowest BCUT2D eigenvalue weighted by atomic mass is 10.1. The molecule has 0 saturated carbocycles. The summed E-state index contributed by atoms with van der Waals surface area (Å²) in [6, 6.07) is 7.75. The number of ether oxygens (including phenoxy) is 1. The summed E-state index contributed by atoms with van der Waals surface area (Å²) in [5, 5.41) is 10.6. The van der Waals surface area contributed by atoms with E-state index in [9.17, 15) is 9.90 Å². The number of hydrogen-bond donors (Lipinski definition) is 2. The molecule has 4 heteroatoms. The van der Waals surface area contributed by atoms with Crippen LogP contribution in [0.2, 0.25) is 0 Å². The Kier molecular flexibility index (Phi) is 2.92. The van der Waals surface area contributed by atoms with Gasteiger partial charge >= 0.3 is 5.97 Å². The van der Waals surface area contributed by atoms with E-state index in [1.807, 2.05) is 24.3 Å². The predicted molar refractivity (Wildman–Crippen MR) is 60.0 cm³/mol. The van der Waals surface area contributed by atoms with E-state index in [-0.39, 0.29) is 6.42 Å². The van der Waals surface area contributed by atoms with E-state index in [2.05, 4.69) is 9.72 Å². The molecule has 0 aliphatic heterocycles. The molecule has 0 aliphatic rings. The van der Waals surface area contributed by atoms with E-state index in [1.54, 1.807) is 6.20 Å². The first-order chi connectivity index (χ1) is 7.72. The van der Waals surface area contributed by atoms with Crippen molar-refractivity contribution in [3.63, 3.8) is 0 Å². The van der Waals surface area contributed by atoms with E-state index in [4.69, 9.17) is 0 Å². The van der Waals surface area contributed by atoms with Crippen LogP contribution < -0.4 is 0 Å². The van der Waals surface area contributed by atoms with Crippen LogP contribution in [0.5, 0.6) is 0 Å². The molecule has 84 valence electrons. The van der Waals surface area contributed by atoms with Gasteiger partial charge in [0.25, 0.3) is 0 Å². The lowest BCUT2D eigenvalue weighted by Gasteiger charge is -2.06. The Balaban J connectivity index is 2.24. The summed E-state index contributed by atoms with van der Waals surface area (Å²) < 4.78 is 4.47. The van der Waals surface area contributed by atoms with Crippen LogP contribution in [0.3, 0.4) is 0 Å². The molecule has 0 unspecified atom stereocenters. The number of fused-ring (bicyclic) bond motifs is 1. The fourth-order valence-corrected chi connectivity index (χ4v) is 1.73. The minimum atomic E-state index is -1.11. The van der Waals surface area contributed by atoms with Gasteiger partial charge in [-0.2, -0.15) is 0 Å². The number of methoxy groups -OCH3 is 1. The van der Waals surface area contributed by atoms with E-state index in [0.29, 0.717) is 0 Å². The first-order valence-corrected chi connectivity index (χ1v) is 5.03. The van der Waals surface area contributed by atoms with Crippen molar-refractivity contribution in [1.29, 1.82) is 0 Å². The monoisotopic (exact) mass is 219 g/mol. The fraction of sp³-hybridized carbons (Fsp3) is 0.250. The third kappa shape index (κ3) is 1.92. The maximum absolute atomic E-state index is 11.1. The molecule has 2 N–H and O–H groups in total. The molecule has 1 aromatic carbocycles. The maximum Gasteiger partial charge on any atom is 0.335 e. The molecule has 0 saturated heterocycles. The Morgan fingerprint density at radius 1 is 1.50 bits per heavy atom. The van der Waals surface area contributed by atoms with E-state index in [1.165, 1.54) is 7.11 Å². The van der Waals surface area contributed by atoms with Gasteiger partial charge in [0.05, 0.1) is 7.11 Å². The summed E-state index contributed by atoms with van der Waals surface area (Å²) >= 11 is 0. The van der Waals surface area contributed by atoms with Crippen LogP contribution in [-0.4, -0.2) is 29.3 Å². The molecule has 0 radical (unpaired) electrons. The molecule has 1 heterocycles. The average Bonchev–Trinajstić information content (AvgIpc) is 2.72. The number of aliphatic hydroxyl groups is 1. The number of esters is 1. The first-order valence-electron chi connectivity index (χ1n) is 5.03. The lowest BCUT2D eigenvalue weighted by Crippen LogP contribution is -2.23. The standard InChI is InChI=1S/C12H13NO3/c1-16-12(15)11(14)6-8-7-13-10-5-3-2-4-9(8)10/h2-5,7,11,13-14H,6H2,1H3/t11-/m0/s1. The summed E-state index contributed by atoms with van der Waals surface area (Å²) in [6.45, 7) is 0. The van der Waals surface area contributed by atoms with Crippen molar-refractivity contribution < 1.29 is 14.6 Å². The molecule has 2 aromatic rings. The second-order valence-electron chi connectivity index (χ2n) is 3.60. The minimum Gasteiger partial charge on any atom is -0.467 e. The van der Waals surface area contributed by atoms with Crippen molar-refractivity contribution in [2.45, 2.75) is 12.5 Å². The van der Waals surface area contributed by atoms with E-state index in [0.717, 1.165) is 16.5 Å². The highest BCUT2D eigenvalue weighted by Crippen LogP contribution is 2.19. The normalized spacial score (nSPS) is 12.6. The zero-order valence-corrected chi connectivity index (χ0v) is 8.93. The summed E-state index contributed by atoms with van der Waals surface area (Å²) in [6.07, 6.45) is 0.956. The first kappa shape index (κ1) is 10.7. The Morgan fingerprint density at radius 3 is 3.00 bits per heavy atom. The van der Waals surface area contributed by atoms with Crippen molar-refractivity contribution >= 4 is 16.9 Å². The molecule has 1 atom stereocenters. The number of aliphatic hydroxyl groups excluding tert-OH is 1. The highest BCUT2D eigenvalue weighted by atomic mass is 16.5. The second kappa shape index (κ2) is 4.37. The van der Waals surface area contributed by atoms with Gasteiger partial charge in [-0.1, -0.05) is 18.2 Å². The smallest absolute Gasteiger partial charge is 0.335 e. The number of para-hydroxylation sites is 1. The number of benzene rings is 1. The minimum absolute atomic E-state index is 0.261. The fourth-order valence-electron chi connectivity index (χ4n) is 1.73. The van der Waals surface area contributed by atoms with Crippen LogP contribution >= 0.6 is 0 Å². The largest absolute Gasteiger partial charge is 0.467 e. The van der Waals surface area contributed by atoms with Gasteiger partial charge in [-0.3, -0.25) is 0 Å². The number of carbonyl (C=O) groups excluding carboxylic acids is 1. The predicted octanol–water partition coefficient (Wildman–Crippen LogP) is 1.24. The van der Waals surface area contributed by atoms with Crippen LogP contribution in [0.4, 0.5) is 0 Å². The molecular formula is C12H13NO3. The zero-order chi connectivity index (χ0) is 11.5. The average molecular weight is 219 g/mol. The second-order valence-corrected chi connectivity index (χ2v) is 3.60. The van der Waals surface area contributed by atoms with Crippen LogP contribution in [0, 0.1) is 0 Å². The molecular weight excluding hydrogens is 206 g/mol. The third-order valence-electron chi connectivity index (χ3n) is 2.56. The molecule has 0 aliphatic carbocycles. The van der Waals surface area contributed by atoms with Gasteiger partial charge in [0.1, 0.15) is 0 Å². The molecule has 0 fully saturated rings. The van der Waals surface area contributed by atoms with E-state index < -0.39 is 12.1 Å². The number of aromatic amines is 1. The molecule has 0 bridgehead atoms. The van der Waals surface area contributed by atoms with Gasteiger partial charge in [-0.25, -0.2) is 4.79 Å². The van der Waals surface area contributed by atoms with Gasteiger partial charge in [0.2, 0.25) is 0 Å². The summed E-state index contributed by atoms with van der Waals surface area (Å²) in [4.78, 5) is 14.2. The number of H-pyrrole nitrogens is 1. The molecule has 1 aromatic heterocycles. The third-order valence-corrected chi connectivity index (χ3v) is 2.56. The van der Waals surface area contributed by atoms with Crippen molar-refractivity contribution in [1.82, 2.24) is 4.98 Å². The molecule has 2 rings (SSSR count). The number of carbonyl (C=O) groups is 1. The molecule has 4 nitrogen and oxygen atoms in total. The zero-order valence-electron chi connectivity index (χ0n) is 8.93. The van der Waals surface area contributed by atoms with Crippen LogP contribution in [0.25, 0.3) is 10.9 Å². The van der Waals surface area contributed by atoms with Gasteiger partial charge in [0, 0.05) is 23.5 Å². The van der Waals surface area contributed by atoms with E-state index >= 15 is 0 Å². The topological polar surface area (TPSA) is 62.3 Å². The van der Waals surface area contributed by atoms with Crippen molar-refractivity contribution in [2.24, 2.45) is 0 Å². The summed E-state index contributed by atoms with van der Waals surface area (Å²) in [5.74, 6) is -0.606. The Bertz CT molecular complexity index is 504. The van der Waals surface area contributed by atoms with Gasteiger partial charge in [-0.15, -0.1) is 0 Å². The highest BCUT2D eigenvalue weighted by Gasteiger charge is 2.17. The van der Waals surface area contributed by atoms with Gasteiger partial charge in [-0.05, 0) is 11.6 Å². The molecule has 0 amide bonds. The van der Waals surface area contributed by atoms with Crippen LogP contribution in [0.1, 0.15) is 5.56 Å². The Labute approximate surface area is 92.9 Å². The number of nitrogens with one attached hydrogen (secondary N) is 1. The number of aromatic nitrogens is 1. The van der Waals surface area contributed by atoms with Crippen molar-refractivity contribution in [3.05, 3.63) is 36.0 Å². The van der Waals surface area contributed by atoms with Crippen molar-refractivity contribution in [2.75, 3.05) is 7.11 Å².